The van der Waals surface area contributed by atoms with Gasteiger partial charge in [0.25, 0.3) is 5.91 Å². The average molecular weight is 251 g/mol. The number of imide groups is 1. The molecule has 1 spiro atoms. The summed E-state index contributed by atoms with van der Waals surface area (Å²) in [4.78, 5) is 23.0. The van der Waals surface area contributed by atoms with Crippen molar-refractivity contribution in [2.45, 2.75) is 24.8 Å². The van der Waals surface area contributed by atoms with Gasteiger partial charge in [-0.1, -0.05) is 17.7 Å². The number of fused-ring (bicyclic) bond motifs is 1. The number of amides is 3. The van der Waals surface area contributed by atoms with Gasteiger partial charge >= 0.3 is 6.03 Å². The number of aryl methyl sites for hydroxylation is 1. The van der Waals surface area contributed by atoms with E-state index in [9.17, 15) is 9.59 Å². The Morgan fingerprint density at radius 1 is 1.24 bits per heavy atom. The standard InChI is InChI=1S/C12H11ClN2O2/c13-9-2-1-8-6-12(4-3-7(8)5-9)10(16)14-11(17)15-12/h1-2,5H,3-4,6H2,(H2,14,15,16,17). The molecule has 1 aliphatic carbocycles. The predicted molar refractivity (Wildman–Crippen MR) is 62.9 cm³/mol. The summed E-state index contributed by atoms with van der Waals surface area (Å²) in [5.74, 6) is -0.219. The van der Waals surface area contributed by atoms with Crippen LogP contribution in [0.4, 0.5) is 4.79 Å². The minimum atomic E-state index is -0.752. The summed E-state index contributed by atoms with van der Waals surface area (Å²) < 4.78 is 0. The Bertz CT molecular complexity index is 529. The summed E-state index contributed by atoms with van der Waals surface area (Å²) in [6, 6.07) is 5.27. The maximum atomic E-state index is 11.8. The van der Waals surface area contributed by atoms with E-state index in [-0.39, 0.29) is 5.91 Å². The van der Waals surface area contributed by atoms with Gasteiger partial charge in [0.15, 0.2) is 0 Å². The molecule has 0 saturated carbocycles. The van der Waals surface area contributed by atoms with Crippen molar-refractivity contribution >= 4 is 23.5 Å². The third kappa shape index (κ3) is 1.60. The molecule has 88 valence electrons. The fourth-order valence-electron chi connectivity index (χ4n) is 2.59. The third-order valence-electron chi connectivity index (χ3n) is 3.50. The normalized spacial score (nSPS) is 26.6. The molecule has 2 N–H and O–H groups in total. The van der Waals surface area contributed by atoms with Crippen LogP contribution in [-0.2, 0) is 17.6 Å². The fourth-order valence-corrected chi connectivity index (χ4v) is 2.78. The van der Waals surface area contributed by atoms with Crippen LogP contribution < -0.4 is 10.6 Å². The van der Waals surface area contributed by atoms with E-state index in [1.807, 2.05) is 18.2 Å². The Labute approximate surface area is 103 Å². The second-order valence-electron chi connectivity index (χ2n) is 4.58. The molecule has 1 saturated heterocycles. The molecule has 2 aliphatic rings. The minimum absolute atomic E-state index is 0.219. The summed E-state index contributed by atoms with van der Waals surface area (Å²) in [5.41, 5.74) is 1.49. The van der Waals surface area contributed by atoms with Gasteiger partial charge in [-0.15, -0.1) is 0 Å². The van der Waals surface area contributed by atoms with Crippen LogP contribution in [0, 0.1) is 0 Å². The summed E-state index contributed by atoms with van der Waals surface area (Å²) in [6.45, 7) is 0. The van der Waals surface area contributed by atoms with Gasteiger partial charge in [0, 0.05) is 11.4 Å². The SMILES string of the molecule is O=C1NC(=O)C2(CCc3cc(Cl)ccc3C2)N1. The zero-order chi connectivity index (χ0) is 12.0. The highest BCUT2D eigenvalue weighted by Gasteiger charge is 2.47. The number of hydrogen-bond acceptors (Lipinski definition) is 2. The summed E-state index contributed by atoms with van der Waals surface area (Å²) >= 11 is 5.93. The van der Waals surface area contributed by atoms with Crippen molar-refractivity contribution in [3.8, 4) is 0 Å². The predicted octanol–water partition coefficient (Wildman–Crippen LogP) is 1.41. The van der Waals surface area contributed by atoms with Crippen LogP contribution in [-0.4, -0.2) is 17.5 Å². The van der Waals surface area contributed by atoms with Crippen molar-refractivity contribution in [3.63, 3.8) is 0 Å². The zero-order valence-corrected chi connectivity index (χ0v) is 9.80. The fraction of sp³-hybridized carbons (Fsp3) is 0.333. The van der Waals surface area contributed by atoms with E-state index >= 15 is 0 Å². The van der Waals surface area contributed by atoms with Gasteiger partial charge in [-0.2, -0.15) is 0 Å². The number of halogens is 1. The van der Waals surface area contributed by atoms with Crippen molar-refractivity contribution in [1.82, 2.24) is 10.6 Å². The minimum Gasteiger partial charge on any atom is -0.323 e. The van der Waals surface area contributed by atoms with E-state index in [2.05, 4.69) is 10.6 Å². The highest BCUT2D eigenvalue weighted by atomic mass is 35.5. The van der Waals surface area contributed by atoms with Crippen molar-refractivity contribution < 1.29 is 9.59 Å². The number of rotatable bonds is 0. The van der Waals surface area contributed by atoms with Gasteiger partial charge in [0.1, 0.15) is 5.54 Å². The van der Waals surface area contributed by atoms with Crippen LogP contribution in [0.5, 0.6) is 0 Å². The van der Waals surface area contributed by atoms with Crippen molar-refractivity contribution in [2.24, 2.45) is 0 Å². The molecule has 4 nitrogen and oxygen atoms in total. The molecule has 1 aliphatic heterocycles. The van der Waals surface area contributed by atoms with Crippen LogP contribution in [0.25, 0.3) is 0 Å². The first-order valence-corrected chi connectivity index (χ1v) is 5.88. The van der Waals surface area contributed by atoms with E-state index in [0.717, 1.165) is 17.5 Å². The average Bonchev–Trinajstić information content (AvgIpc) is 2.54. The van der Waals surface area contributed by atoms with Crippen LogP contribution in [0.15, 0.2) is 18.2 Å². The van der Waals surface area contributed by atoms with Crippen molar-refractivity contribution in [2.75, 3.05) is 0 Å². The highest BCUT2D eigenvalue weighted by Crippen LogP contribution is 2.32. The lowest BCUT2D eigenvalue weighted by Crippen LogP contribution is -2.51. The van der Waals surface area contributed by atoms with Crippen LogP contribution in [0.1, 0.15) is 17.5 Å². The lowest BCUT2D eigenvalue weighted by atomic mass is 9.78. The van der Waals surface area contributed by atoms with Gasteiger partial charge < -0.3 is 5.32 Å². The molecule has 17 heavy (non-hydrogen) atoms. The van der Waals surface area contributed by atoms with Crippen molar-refractivity contribution in [1.29, 1.82) is 0 Å². The van der Waals surface area contributed by atoms with E-state index in [1.54, 1.807) is 0 Å². The number of benzene rings is 1. The quantitative estimate of drug-likeness (QED) is 0.684. The van der Waals surface area contributed by atoms with Gasteiger partial charge in [0.2, 0.25) is 0 Å². The van der Waals surface area contributed by atoms with Crippen molar-refractivity contribution in [3.05, 3.63) is 34.3 Å². The Balaban J connectivity index is 1.98. The molecule has 3 amide bonds. The molecule has 0 radical (unpaired) electrons. The molecular formula is C12H11ClN2O2. The third-order valence-corrected chi connectivity index (χ3v) is 3.73. The van der Waals surface area contributed by atoms with Gasteiger partial charge in [-0.05, 0) is 36.1 Å². The first-order valence-electron chi connectivity index (χ1n) is 5.50. The summed E-state index contributed by atoms with van der Waals surface area (Å²) in [6.07, 6.45) is 1.92. The Kier molecular flexibility index (Phi) is 2.16. The first-order chi connectivity index (χ1) is 8.09. The smallest absolute Gasteiger partial charge is 0.322 e. The molecule has 1 fully saturated rings. The number of carbonyl (C=O) groups is 2. The second kappa shape index (κ2) is 3.47. The van der Waals surface area contributed by atoms with E-state index in [4.69, 9.17) is 11.6 Å². The lowest BCUT2D eigenvalue weighted by molar-refractivity contribution is -0.124. The lowest BCUT2D eigenvalue weighted by Gasteiger charge is -2.31. The molecule has 1 unspecified atom stereocenters. The van der Waals surface area contributed by atoms with Gasteiger partial charge in [-0.3, -0.25) is 10.1 Å². The zero-order valence-electron chi connectivity index (χ0n) is 9.05. The van der Waals surface area contributed by atoms with E-state index in [0.29, 0.717) is 17.9 Å². The summed E-state index contributed by atoms with van der Waals surface area (Å²) in [7, 11) is 0. The van der Waals surface area contributed by atoms with Crippen LogP contribution in [0.2, 0.25) is 5.02 Å². The largest absolute Gasteiger partial charge is 0.323 e. The molecule has 3 rings (SSSR count). The molecule has 1 aromatic carbocycles. The van der Waals surface area contributed by atoms with Crippen LogP contribution >= 0.6 is 11.6 Å². The Hall–Kier alpha value is -1.55. The molecule has 1 aromatic rings. The number of nitrogens with one attached hydrogen (secondary N) is 2. The Morgan fingerprint density at radius 2 is 2.06 bits per heavy atom. The Morgan fingerprint density at radius 3 is 2.76 bits per heavy atom. The number of hydrogen-bond donors (Lipinski definition) is 2. The number of urea groups is 1. The van der Waals surface area contributed by atoms with E-state index in [1.165, 1.54) is 0 Å². The number of carbonyl (C=O) groups excluding carboxylic acids is 2. The molecule has 1 heterocycles. The monoisotopic (exact) mass is 250 g/mol. The van der Waals surface area contributed by atoms with E-state index < -0.39 is 11.6 Å². The van der Waals surface area contributed by atoms with Gasteiger partial charge in [-0.25, -0.2) is 4.79 Å². The highest BCUT2D eigenvalue weighted by molar-refractivity contribution is 6.30. The van der Waals surface area contributed by atoms with Crippen LogP contribution in [0.3, 0.4) is 0 Å². The van der Waals surface area contributed by atoms with Gasteiger partial charge in [0.05, 0.1) is 0 Å². The molecule has 0 bridgehead atoms. The molecule has 5 heteroatoms. The molecular weight excluding hydrogens is 240 g/mol. The molecule has 0 aromatic heterocycles. The topological polar surface area (TPSA) is 58.2 Å². The summed E-state index contributed by atoms with van der Waals surface area (Å²) in [5, 5.41) is 5.75. The first kappa shape index (κ1) is 10.6. The maximum Gasteiger partial charge on any atom is 0.322 e. The maximum absolute atomic E-state index is 11.8. The second-order valence-corrected chi connectivity index (χ2v) is 5.02. The molecule has 1 atom stereocenters.